The molecule has 1 aliphatic heterocycles. The van der Waals surface area contributed by atoms with Crippen LogP contribution in [0.4, 0.5) is 0 Å². The molecule has 1 saturated heterocycles. The minimum atomic E-state index is -3.06. The van der Waals surface area contributed by atoms with E-state index in [9.17, 15) is 13.2 Å². The third-order valence-electron chi connectivity index (χ3n) is 2.48. The summed E-state index contributed by atoms with van der Waals surface area (Å²) in [7, 11) is 0.202. The van der Waals surface area contributed by atoms with Crippen LogP contribution in [-0.2, 0) is 14.6 Å². The summed E-state index contributed by atoms with van der Waals surface area (Å²) in [5.41, 5.74) is 0. The molecule has 1 N–H and O–H groups in total. The second-order valence-corrected chi connectivity index (χ2v) is 6.41. The van der Waals surface area contributed by atoms with Crippen LogP contribution in [0.2, 0.25) is 0 Å². The van der Waals surface area contributed by atoms with Crippen molar-refractivity contribution < 1.29 is 13.2 Å². The van der Waals surface area contributed by atoms with Crippen LogP contribution < -0.4 is 5.32 Å². The molecule has 1 aliphatic rings. The van der Waals surface area contributed by atoms with E-state index in [1.165, 1.54) is 4.90 Å². The molecule has 15 heavy (non-hydrogen) atoms. The zero-order chi connectivity index (χ0) is 11.5. The number of amides is 1. The highest BCUT2D eigenvalue weighted by Gasteiger charge is 2.24. The maximum atomic E-state index is 11.6. The molecule has 0 unspecified atom stereocenters. The number of carbonyl (C=O) groups is 1. The highest BCUT2D eigenvalue weighted by atomic mass is 32.2. The van der Waals surface area contributed by atoms with Crippen molar-refractivity contribution in [2.24, 2.45) is 5.92 Å². The van der Waals surface area contributed by atoms with Crippen molar-refractivity contribution in [3.05, 3.63) is 0 Å². The average molecular weight is 234 g/mol. The van der Waals surface area contributed by atoms with Gasteiger partial charge < -0.3 is 10.2 Å². The highest BCUT2D eigenvalue weighted by Crippen LogP contribution is 2.08. The Morgan fingerprint density at radius 1 is 1.40 bits per heavy atom. The van der Waals surface area contributed by atoms with Crippen molar-refractivity contribution in [3.63, 3.8) is 0 Å². The third kappa shape index (κ3) is 4.17. The molecule has 0 spiro atoms. The summed E-state index contributed by atoms with van der Waals surface area (Å²) in [6, 6.07) is 0. The normalized spacial score (nSPS) is 17.2. The first kappa shape index (κ1) is 12.4. The largest absolute Gasteiger partial charge is 0.349 e. The van der Waals surface area contributed by atoms with E-state index in [2.05, 4.69) is 5.32 Å². The van der Waals surface area contributed by atoms with E-state index in [0.29, 0.717) is 0 Å². The number of hydrogen-bond donors (Lipinski definition) is 1. The topological polar surface area (TPSA) is 66.5 Å². The van der Waals surface area contributed by atoms with Gasteiger partial charge in [-0.05, 0) is 5.92 Å². The molecule has 0 aromatic heterocycles. The second-order valence-electron chi connectivity index (χ2n) is 4.18. The standard InChI is InChI=1S/C9H18N2O3S/c1-11(2)9(12)3-4-15(13,14)7-8-5-10-6-8/h8,10H,3-7H2,1-2H3. The molecular weight excluding hydrogens is 216 g/mol. The van der Waals surface area contributed by atoms with Crippen LogP contribution >= 0.6 is 0 Å². The van der Waals surface area contributed by atoms with Crippen LogP contribution in [0.25, 0.3) is 0 Å². The van der Waals surface area contributed by atoms with E-state index in [4.69, 9.17) is 0 Å². The summed E-state index contributed by atoms with van der Waals surface area (Å²) in [5.74, 6) is 0.288. The molecular formula is C9H18N2O3S. The molecule has 1 fully saturated rings. The Morgan fingerprint density at radius 2 is 2.00 bits per heavy atom. The van der Waals surface area contributed by atoms with Gasteiger partial charge in [0.05, 0.1) is 11.5 Å². The van der Waals surface area contributed by atoms with Gasteiger partial charge in [-0.2, -0.15) is 0 Å². The maximum absolute atomic E-state index is 11.6. The molecule has 1 heterocycles. The molecule has 0 saturated carbocycles. The Kier molecular flexibility index (Phi) is 4.10. The van der Waals surface area contributed by atoms with Crippen LogP contribution in [0.3, 0.4) is 0 Å². The Labute approximate surface area is 90.7 Å². The molecule has 0 radical (unpaired) electrons. The molecule has 0 aliphatic carbocycles. The lowest BCUT2D eigenvalue weighted by atomic mass is 10.1. The molecule has 88 valence electrons. The third-order valence-corrected chi connectivity index (χ3v) is 4.29. The minimum Gasteiger partial charge on any atom is -0.349 e. The smallest absolute Gasteiger partial charge is 0.223 e. The van der Waals surface area contributed by atoms with Gasteiger partial charge >= 0.3 is 0 Å². The summed E-state index contributed by atoms with van der Waals surface area (Å²) < 4.78 is 23.1. The Morgan fingerprint density at radius 3 is 2.40 bits per heavy atom. The predicted octanol–water partition coefficient (Wildman–Crippen LogP) is -0.901. The highest BCUT2D eigenvalue weighted by molar-refractivity contribution is 7.91. The van der Waals surface area contributed by atoms with Gasteiger partial charge in [-0.3, -0.25) is 4.79 Å². The van der Waals surface area contributed by atoms with Gasteiger partial charge in [0.2, 0.25) is 5.91 Å². The Balaban J connectivity index is 2.32. The lowest BCUT2D eigenvalue weighted by molar-refractivity contribution is -0.128. The van der Waals surface area contributed by atoms with Crippen LogP contribution in [-0.4, -0.2) is 57.9 Å². The van der Waals surface area contributed by atoms with Crippen molar-refractivity contribution in [1.82, 2.24) is 10.2 Å². The van der Waals surface area contributed by atoms with Crippen molar-refractivity contribution >= 4 is 15.7 Å². The summed E-state index contributed by atoms with van der Waals surface area (Å²) in [5, 5.41) is 3.03. The van der Waals surface area contributed by atoms with Crippen molar-refractivity contribution in [3.8, 4) is 0 Å². The molecule has 0 atom stereocenters. The van der Waals surface area contributed by atoms with E-state index < -0.39 is 9.84 Å². The van der Waals surface area contributed by atoms with Crippen LogP contribution in [0.5, 0.6) is 0 Å². The van der Waals surface area contributed by atoms with Gasteiger partial charge in [-0.25, -0.2) is 8.42 Å². The van der Waals surface area contributed by atoms with Gasteiger partial charge in [0.1, 0.15) is 0 Å². The minimum absolute atomic E-state index is 0.0273. The second kappa shape index (κ2) is 4.94. The summed E-state index contributed by atoms with van der Waals surface area (Å²) >= 11 is 0. The lowest BCUT2D eigenvalue weighted by Crippen LogP contribution is -2.46. The summed E-state index contributed by atoms with van der Waals surface area (Å²) in [6.07, 6.45) is 0.0927. The van der Waals surface area contributed by atoms with E-state index in [0.717, 1.165) is 13.1 Å². The quantitative estimate of drug-likeness (QED) is 0.669. The average Bonchev–Trinajstić information content (AvgIpc) is 2.08. The zero-order valence-electron chi connectivity index (χ0n) is 9.19. The molecule has 5 nitrogen and oxygen atoms in total. The van der Waals surface area contributed by atoms with Gasteiger partial charge in [0.15, 0.2) is 9.84 Å². The van der Waals surface area contributed by atoms with Crippen molar-refractivity contribution in [1.29, 1.82) is 0 Å². The number of nitrogens with one attached hydrogen (secondary N) is 1. The van der Waals surface area contributed by atoms with Crippen LogP contribution in [0.15, 0.2) is 0 Å². The fourth-order valence-electron chi connectivity index (χ4n) is 1.38. The maximum Gasteiger partial charge on any atom is 0.223 e. The Hall–Kier alpha value is -0.620. The molecule has 0 aromatic rings. The number of hydrogen-bond acceptors (Lipinski definition) is 4. The van der Waals surface area contributed by atoms with Crippen LogP contribution in [0, 0.1) is 5.92 Å². The monoisotopic (exact) mass is 234 g/mol. The molecule has 0 bridgehead atoms. The number of nitrogens with zero attached hydrogens (tertiary/aromatic N) is 1. The van der Waals surface area contributed by atoms with E-state index in [1.807, 2.05) is 0 Å². The zero-order valence-corrected chi connectivity index (χ0v) is 10.0. The fraction of sp³-hybridized carbons (Fsp3) is 0.889. The number of sulfone groups is 1. The SMILES string of the molecule is CN(C)C(=O)CCS(=O)(=O)CC1CNC1. The van der Waals surface area contributed by atoms with Gasteiger partial charge in [0, 0.05) is 33.6 Å². The first-order valence-electron chi connectivity index (χ1n) is 5.02. The molecule has 0 aromatic carbocycles. The van der Waals surface area contributed by atoms with E-state index in [-0.39, 0.29) is 29.8 Å². The Bertz CT molecular complexity index is 320. The number of rotatable bonds is 5. The first-order chi connectivity index (χ1) is 6.91. The van der Waals surface area contributed by atoms with Crippen molar-refractivity contribution in [2.45, 2.75) is 6.42 Å². The summed E-state index contributed by atoms with van der Waals surface area (Å²) in [4.78, 5) is 12.6. The van der Waals surface area contributed by atoms with Crippen LogP contribution in [0.1, 0.15) is 6.42 Å². The van der Waals surface area contributed by atoms with E-state index >= 15 is 0 Å². The van der Waals surface area contributed by atoms with Crippen molar-refractivity contribution in [2.75, 3.05) is 38.7 Å². The number of carbonyl (C=O) groups excluding carboxylic acids is 1. The first-order valence-corrected chi connectivity index (χ1v) is 6.84. The van der Waals surface area contributed by atoms with E-state index in [1.54, 1.807) is 14.1 Å². The molecule has 1 rings (SSSR count). The lowest BCUT2D eigenvalue weighted by Gasteiger charge is -2.26. The predicted molar refractivity (Wildman–Crippen MR) is 58.3 cm³/mol. The van der Waals surface area contributed by atoms with Gasteiger partial charge in [-0.15, -0.1) is 0 Å². The molecule has 6 heteroatoms. The molecule has 1 amide bonds. The summed E-state index contributed by atoms with van der Waals surface area (Å²) in [6.45, 7) is 1.56. The van der Waals surface area contributed by atoms with Gasteiger partial charge in [-0.1, -0.05) is 0 Å². The van der Waals surface area contributed by atoms with Gasteiger partial charge in [0.25, 0.3) is 0 Å². The fourth-order valence-corrected chi connectivity index (χ4v) is 2.98.